The Hall–Kier alpha value is -0.840. The van der Waals surface area contributed by atoms with Gasteiger partial charge in [0.15, 0.2) is 6.10 Å². The molecule has 0 N–H and O–H groups in total. The first-order valence-corrected chi connectivity index (χ1v) is 5.61. The Labute approximate surface area is 99.0 Å². The number of alkyl halides is 2. The van der Waals surface area contributed by atoms with Crippen molar-refractivity contribution >= 4 is 24.0 Å². The number of esters is 1. The summed E-state index contributed by atoms with van der Waals surface area (Å²) in [6.07, 6.45) is 0.591. The Morgan fingerprint density at radius 3 is 2.69 bits per heavy atom. The fourth-order valence-corrected chi connectivity index (χ4v) is 1.20. The number of unbranched alkanes of at least 4 members (excludes halogenated alkanes) is 1. The molecule has 93 valence electrons. The van der Waals surface area contributed by atoms with Crippen LogP contribution in [0.1, 0.15) is 25.7 Å². The SMILES string of the molecule is O=[C]OC(CCCF)C(=O)OCCCCCl. The van der Waals surface area contributed by atoms with Gasteiger partial charge in [0.2, 0.25) is 0 Å². The lowest BCUT2D eigenvalue weighted by molar-refractivity contribution is -0.153. The van der Waals surface area contributed by atoms with Gasteiger partial charge in [0, 0.05) is 5.88 Å². The van der Waals surface area contributed by atoms with Gasteiger partial charge < -0.3 is 9.47 Å². The Kier molecular flexibility index (Phi) is 10.1. The van der Waals surface area contributed by atoms with E-state index in [0.29, 0.717) is 12.3 Å². The summed E-state index contributed by atoms with van der Waals surface area (Å²) in [7, 11) is 0. The molecule has 4 nitrogen and oxygen atoms in total. The predicted octanol–water partition coefficient (Wildman–Crippen LogP) is 1.75. The molecule has 0 aromatic rings. The van der Waals surface area contributed by atoms with Gasteiger partial charge >= 0.3 is 12.4 Å². The minimum Gasteiger partial charge on any atom is -0.463 e. The Bertz CT molecular complexity index is 201. The lowest BCUT2D eigenvalue weighted by atomic mass is 10.2. The van der Waals surface area contributed by atoms with Gasteiger partial charge in [-0.2, -0.15) is 0 Å². The Morgan fingerprint density at radius 1 is 1.38 bits per heavy atom. The molecule has 0 spiro atoms. The van der Waals surface area contributed by atoms with Crippen LogP contribution in [0.25, 0.3) is 0 Å². The van der Waals surface area contributed by atoms with Crippen LogP contribution in [0.5, 0.6) is 0 Å². The van der Waals surface area contributed by atoms with Crippen LogP contribution < -0.4 is 0 Å². The number of carbonyl (C=O) groups excluding carboxylic acids is 2. The molecule has 1 atom stereocenters. The van der Waals surface area contributed by atoms with E-state index >= 15 is 0 Å². The highest BCUT2D eigenvalue weighted by Crippen LogP contribution is 2.05. The first kappa shape index (κ1) is 15.2. The van der Waals surface area contributed by atoms with Gasteiger partial charge in [-0.3, -0.25) is 4.39 Å². The van der Waals surface area contributed by atoms with E-state index in [0.717, 1.165) is 12.9 Å². The zero-order chi connectivity index (χ0) is 12.2. The van der Waals surface area contributed by atoms with Crippen LogP contribution >= 0.6 is 11.6 Å². The average molecular weight is 254 g/mol. The summed E-state index contributed by atoms with van der Waals surface area (Å²) >= 11 is 5.44. The second-order valence-corrected chi connectivity index (χ2v) is 3.46. The van der Waals surface area contributed by atoms with Gasteiger partial charge in [0.05, 0.1) is 13.3 Å². The molecule has 0 aliphatic carbocycles. The van der Waals surface area contributed by atoms with Gasteiger partial charge in [0.1, 0.15) is 0 Å². The van der Waals surface area contributed by atoms with Crippen molar-refractivity contribution in [2.45, 2.75) is 31.8 Å². The number of hydrogen-bond donors (Lipinski definition) is 0. The van der Waals surface area contributed by atoms with Crippen LogP contribution in [0.15, 0.2) is 0 Å². The van der Waals surface area contributed by atoms with E-state index in [9.17, 15) is 14.0 Å². The lowest BCUT2D eigenvalue weighted by Gasteiger charge is -2.12. The quantitative estimate of drug-likeness (QED) is 0.338. The summed E-state index contributed by atoms with van der Waals surface area (Å²) in [6.45, 7) is 0.816. The largest absolute Gasteiger partial charge is 0.463 e. The van der Waals surface area contributed by atoms with E-state index in [1.807, 2.05) is 0 Å². The molecule has 0 heterocycles. The van der Waals surface area contributed by atoms with Gasteiger partial charge in [-0.15, -0.1) is 11.6 Å². The van der Waals surface area contributed by atoms with Crippen LogP contribution in [-0.4, -0.2) is 37.7 Å². The predicted molar refractivity (Wildman–Crippen MR) is 56.7 cm³/mol. The first-order valence-electron chi connectivity index (χ1n) is 5.07. The van der Waals surface area contributed by atoms with Crippen molar-refractivity contribution in [3.05, 3.63) is 0 Å². The maximum atomic E-state index is 11.9. The number of rotatable bonds is 10. The molecule has 0 fully saturated rings. The molecule has 6 heteroatoms. The van der Waals surface area contributed by atoms with Gasteiger partial charge in [0.25, 0.3) is 0 Å². The van der Waals surface area contributed by atoms with Crippen LogP contribution in [0.2, 0.25) is 0 Å². The van der Waals surface area contributed by atoms with Gasteiger partial charge in [-0.1, -0.05) is 0 Å². The van der Waals surface area contributed by atoms with Gasteiger partial charge in [-0.05, 0) is 25.7 Å². The van der Waals surface area contributed by atoms with E-state index in [2.05, 4.69) is 4.74 Å². The van der Waals surface area contributed by atoms with Crippen molar-refractivity contribution in [2.75, 3.05) is 19.2 Å². The summed E-state index contributed by atoms with van der Waals surface area (Å²) in [5.41, 5.74) is 0. The average Bonchev–Trinajstić information content (AvgIpc) is 2.29. The molecule has 0 rings (SSSR count). The molecule has 0 aromatic carbocycles. The number of carbonyl (C=O) groups is 1. The third-order valence-electron chi connectivity index (χ3n) is 1.83. The molecular weight excluding hydrogens is 239 g/mol. The summed E-state index contributed by atoms with van der Waals surface area (Å²) in [5, 5.41) is 0. The molecule has 0 bridgehead atoms. The Balaban J connectivity index is 3.81. The van der Waals surface area contributed by atoms with Crippen LogP contribution in [0.3, 0.4) is 0 Å². The zero-order valence-electron chi connectivity index (χ0n) is 8.92. The summed E-state index contributed by atoms with van der Waals surface area (Å²) in [5.74, 6) is -0.159. The summed E-state index contributed by atoms with van der Waals surface area (Å²) < 4.78 is 21.1. The molecular formula is C10H15ClFO4. The normalized spacial score (nSPS) is 11.9. The highest BCUT2D eigenvalue weighted by atomic mass is 35.5. The van der Waals surface area contributed by atoms with E-state index < -0.39 is 18.7 Å². The molecule has 0 saturated carbocycles. The molecule has 0 aromatic heterocycles. The highest BCUT2D eigenvalue weighted by molar-refractivity contribution is 6.17. The lowest BCUT2D eigenvalue weighted by Crippen LogP contribution is -2.26. The van der Waals surface area contributed by atoms with E-state index in [1.165, 1.54) is 0 Å². The van der Waals surface area contributed by atoms with Crippen LogP contribution in [0.4, 0.5) is 4.39 Å². The highest BCUT2D eigenvalue weighted by Gasteiger charge is 2.21. The number of halogens is 2. The molecule has 1 radical (unpaired) electrons. The topological polar surface area (TPSA) is 52.6 Å². The molecule has 0 saturated heterocycles. The van der Waals surface area contributed by atoms with Crippen molar-refractivity contribution in [1.29, 1.82) is 0 Å². The van der Waals surface area contributed by atoms with E-state index in [4.69, 9.17) is 16.3 Å². The number of ether oxygens (including phenoxy) is 2. The van der Waals surface area contributed by atoms with Crippen molar-refractivity contribution in [3.8, 4) is 0 Å². The Morgan fingerprint density at radius 2 is 2.12 bits per heavy atom. The zero-order valence-corrected chi connectivity index (χ0v) is 9.67. The summed E-state index contributed by atoms with van der Waals surface area (Å²) in [6, 6.07) is 0. The minimum absolute atomic E-state index is 0.111. The molecule has 0 aliphatic heterocycles. The number of hydrogen-bond acceptors (Lipinski definition) is 4. The van der Waals surface area contributed by atoms with Crippen molar-refractivity contribution in [3.63, 3.8) is 0 Å². The molecule has 0 aliphatic rings. The maximum absolute atomic E-state index is 11.9. The van der Waals surface area contributed by atoms with Crippen molar-refractivity contribution < 1.29 is 23.5 Å². The smallest absolute Gasteiger partial charge is 0.418 e. The fourth-order valence-electron chi connectivity index (χ4n) is 1.01. The standard InChI is InChI=1S/C10H15ClFO4/c11-5-1-2-7-15-10(14)9(16-8-13)4-3-6-12/h9H,1-7H2. The fraction of sp³-hybridized carbons (Fsp3) is 0.800. The van der Waals surface area contributed by atoms with Crippen molar-refractivity contribution in [1.82, 2.24) is 0 Å². The maximum Gasteiger partial charge on any atom is 0.418 e. The van der Waals surface area contributed by atoms with Gasteiger partial charge in [-0.25, -0.2) is 9.59 Å². The molecule has 1 unspecified atom stereocenters. The minimum atomic E-state index is -1.05. The summed E-state index contributed by atoms with van der Waals surface area (Å²) in [4.78, 5) is 21.3. The van der Waals surface area contributed by atoms with Crippen molar-refractivity contribution in [2.24, 2.45) is 0 Å². The second kappa shape index (κ2) is 10.7. The van der Waals surface area contributed by atoms with E-state index in [-0.39, 0.29) is 19.4 Å². The third-order valence-corrected chi connectivity index (χ3v) is 2.09. The van der Waals surface area contributed by atoms with E-state index in [1.54, 1.807) is 0 Å². The second-order valence-electron chi connectivity index (χ2n) is 3.08. The monoisotopic (exact) mass is 253 g/mol. The van der Waals surface area contributed by atoms with Crippen LogP contribution in [-0.2, 0) is 19.1 Å². The third kappa shape index (κ3) is 7.45. The first-order chi connectivity index (χ1) is 7.76. The molecule has 0 amide bonds. The molecule has 16 heavy (non-hydrogen) atoms. The van der Waals surface area contributed by atoms with Crippen LogP contribution in [0, 0.1) is 0 Å².